The number of rotatable bonds is 5. The van der Waals surface area contributed by atoms with Gasteiger partial charge in [0.1, 0.15) is 11.6 Å². The number of aryl methyl sites for hydroxylation is 1. The van der Waals surface area contributed by atoms with Gasteiger partial charge in [-0.2, -0.15) is 5.10 Å². The van der Waals surface area contributed by atoms with E-state index in [1.807, 2.05) is 19.1 Å². The third-order valence-electron chi connectivity index (χ3n) is 5.48. The number of H-pyrrole nitrogens is 1. The van der Waals surface area contributed by atoms with Crippen molar-refractivity contribution < 1.29 is 9.18 Å². The summed E-state index contributed by atoms with van der Waals surface area (Å²) in [6, 6.07) is 11.1. The largest absolute Gasteiger partial charge is 0.395 e. The maximum atomic E-state index is 14.2. The fourth-order valence-corrected chi connectivity index (χ4v) is 4.00. The minimum absolute atomic E-state index is 0.0300. The second kappa shape index (κ2) is 8.65. The molecule has 0 bridgehead atoms. The van der Waals surface area contributed by atoms with E-state index < -0.39 is 11.7 Å². The Morgan fingerprint density at radius 1 is 1.17 bits per heavy atom. The first-order chi connectivity index (χ1) is 16.8. The Hall–Kier alpha value is -4.57. The summed E-state index contributed by atoms with van der Waals surface area (Å²) in [5, 5.41) is 11.1. The molecule has 11 heteroatoms. The number of fused-ring (bicyclic) bond motifs is 1. The number of aromatic amines is 1. The van der Waals surface area contributed by atoms with Gasteiger partial charge in [0.05, 0.1) is 33.8 Å². The SMILES string of the molecule is Cc1ccc2[nH]ncc2c1-c1nc(-c2ccc(F)cc2Nc2ncccc2Cl)nc(C(N)=O)c1N. The molecule has 9 nitrogen and oxygen atoms in total. The predicted octanol–water partition coefficient (Wildman–Crippen LogP) is 4.61. The first kappa shape index (κ1) is 22.2. The maximum absolute atomic E-state index is 14.2. The number of nitrogens with two attached hydrogens (primary N) is 2. The standard InChI is InChI=1S/C24H18ClFN8O/c1-11-4-7-16-14(10-30-34-16)18(11)20-19(27)21(22(28)35)33-23(32-20)13-6-5-12(26)9-17(13)31-24-15(25)3-2-8-29-24/h2-10H,27H2,1H3,(H2,28,35)(H,29,31)(H,30,34). The average molecular weight is 489 g/mol. The number of amides is 1. The van der Waals surface area contributed by atoms with Crippen molar-refractivity contribution in [1.82, 2.24) is 25.1 Å². The molecule has 6 N–H and O–H groups in total. The zero-order valence-corrected chi connectivity index (χ0v) is 19.1. The summed E-state index contributed by atoms with van der Waals surface area (Å²) in [7, 11) is 0. The van der Waals surface area contributed by atoms with Gasteiger partial charge in [-0.25, -0.2) is 19.3 Å². The summed E-state index contributed by atoms with van der Waals surface area (Å²) in [5.74, 6) is -0.912. The smallest absolute Gasteiger partial charge is 0.269 e. The van der Waals surface area contributed by atoms with E-state index in [9.17, 15) is 9.18 Å². The van der Waals surface area contributed by atoms with Crippen LogP contribution in [0.2, 0.25) is 5.02 Å². The van der Waals surface area contributed by atoms with Crippen molar-refractivity contribution in [3.8, 4) is 22.6 Å². The molecule has 0 saturated heterocycles. The van der Waals surface area contributed by atoms with Crippen LogP contribution in [0.4, 0.5) is 21.6 Å². The first-order valence-electron chi connectivity index (χ1n) is 10.4. The van der Waals surface area contributed by atoms with E-state index >= 15 is 0 Å². The Bertz CT molecular complexity index is 1620. The van der Waals surface area contributed by atoms with Gasteiger partial charge in [-0.1, -0.05) is 17.7 Å². The van der Waals surface area contributed by atoms with E-state index in [0.717, 1.165) is 16.5 Å². The molecule has 0 aliphatic carbocycles. The molecule has 0 fully saturated rings. The summed E-state index contributed by atoms with van der Waals surface area (Å²) in [6.07, 6.45) is 3.20. The van der Waals surface area contributed by atoms with Gasteiger partial charge in [0.25, 0.3) is 5.91 Å². The molecule has 0 spiro atoms. The quantitative estimate of drug-likeness (QED) is 0.282. The summed E-state index contributed by atoms with van der Waals surface area (Å²) < 4.78 is 14.2. The highest BCUT2D eigenvalue weighted by atomic mass is 35.5. The van der Waals surface area contributed by atoms with E-state index in [-0.39, 0.29) is 22.9 Å². The molecule has 174 valence electrons. The van der Waals surface area contributed by atoms with Crippen LogP contribution in [-0.4, -0.2) is 31.1 Å². The highest BCUT2D eigenvalue weighted by Crippen LogP contribution is 2.37. The van der Waals surface area contributed by atoms with Crippen LogP contribution < -0.4 is 16.8 Å². The Labute approximate surface area is 203 Å². The number of hydrogen-bond acceptors (Lipinski definition) is 7. The van der Waals surface area contributed by atoms with Crippen molar-refractivity contribution in [2.24, 2.45) is 5.73 Å². The van der Waals surface area contributed by atoms with Gasteiger partial charge in [0.2, 0.25) is 0 Å². The number of anilines is 3. The zero-order valence-electron chi connectivity index (χ0n) is 18.3. The van der Waals surface area contributed by atoms with Gasteiger partial charge in [-0.3, -0.25) is 9.89 Å². The summed E-state index contributed by atoms with van der Waals surface area (Å²) in [6.45, 7) is 1.89. The van der Waals surface area contributed by atoms with Crippen LogP contribution in [0.5, 0.6) is 0 Å². The number of carbonyl (C=O) groups is 1. The average Bonchev–Trinajstić information content (AvgIpc) is 3.30. The molecular weight excluding hydrogens is 471 g/mol. The lowest BCUT2D eigenvalue weighted by atomic mass is 9.99. The lowest BCUT2D eigenvalue weighted by Crippen LogP contribution is -2.18. The molecule has 0 aliphatic rings. The Morgan fingerprint density at radius 2 is 2.00 bits per heavy atom. The zero-order chi connectivity index (χ0) is 24.7. The lowest BCUT2D eigenvalue weighted by Gasteiger charge is -2.16. The fourth-order valence-electron chi connectivity index (χ4n) is 3.83. The van der Waals surface area contributed by atoms with Crippen molar-refractivity contribution in [3.63, 3.8) is 0 Å². The Kier molecular flexibility index (Phi) is 5.50. The van der Waals surface area contributed by atoms with Gasteiger partial charge >= 0.3 is 0 Å². The van der Waals surface area contributed by atoms with Crippen molar-refractivity contribution in [2.45, 2.75) is 6.92 Å². The van der Waals surface area contributed by atoms with Crippen LogP contribution in [-0.2, 0) is 0 Å². The maximum Gasteiger partial charge on any atom is 0.269 e. The molecule has 0 radical (unpaired) electrons. The number of carbonyl (C=O) groups excluding carboxylic acids is 1. The molecule has 2 aromatic carbocycles. The highest BCUT2D eigenvalue weighted by Gasteiger charge is 2.23. The topological polar surface area (TPSA) is 148 Å². The molecule has 0 atom stereocenters. The van der Waals surface area contributed by atoms with Crippen LogP contribution in [0.3, 0.4) is 0 Å². The van der Waals surface area contributed by atoms with Crippen LogP contribution in [0.1, 0.15) is 16.1 Å². The van der Waals surface area contributed by atoms with E-state index in [4.69, 9.17) is 28.1 Å². The third-order valence-corrected chi connectivity index (χ3v) is 5.79. The minimum Gasteiger partial charge on any atom is -0.395 e. The van der Waals surface area contributed by atoms with Gasteiger partial charge in [-0.05, 0) is 48.9 Å². The Morgan fingerprint density at radius 3 is 2.77 bits per heavy atom. The number of aromatic nitrogens is 5. The number of hydrogen-bond donors (Lipinski definition) is 4. The molecule has 3 aromatic heterocycles. The van der Waals surface area contributed by atoms with Crippen molar-refractivity contribution in [2.75, 3.05) is 11.1 Å². The first-order valence-corrected chi connectivity index (χ1v) is 10.8. The van der Waals surface area contributed by atoms with E-state index in [1.165, 1.54) is 18.2 Å². The van der Waals surface area contributed by atoms with E-state index in [0.29, 0.717) is 27.7 Å². The van der Waals surface area contributed by atoms with Crippen molar-refractivity contribution >= 4 is 45.6 Å². The second-order valence-corrected chi connectivity index (χ2v) is 8.17. The number of nitrogen functional groups attached to an aromatic ring is 1. The van der Waals surface area contributed by atoms with Gasteiger partial charge in [0, 0.05) is 22.7 Å². The van der Waals surface area contributed by atoms with Crippen molar-refractivity contribution in [3.05, 3.63) is 77.0 Å². The summed E-state index contributed by atoms with van der Waals surface area (Å²) >= 11 is 6.23. The number of benzene rings is 2. The Balaban J connectivity index is 1.76. The number of primary amides is 1. The van der Waals surface area contributed by atoms with Crippen LogP contribution >= 0.6 is 11.6 Å². The molecule has 5 aromatic rings. The molecule has 1 amide bonds. The lowest BCUT2D eigenvalue weighted by molar-refractivity contribution is 0.0996. The van der Waals surface area contributed by atoms with Crippen LogP contribution in [0, 0.1) is 12.7 Å². The minimum atomic E-state index is -0.825. The van der Waals surface area contributed by atoms with Gasteiger partial charge in [0.15, 0.2) is 11.5 Å². The number of halogens is 2. The molecule has 0 aliphatic heterocycles. The molecular formula is C24H18ClFN8O. The second-order valence-electron chi connectivity index (χ2n) is 7.76. The van der Waals surface area contributed by atoms with Gasteiger partial charge in [-0.15, -0.1) is 0 Å². The van der Waals surface area contributed by atoms with Crippen molar-refractivity contribution in [1.29, 1.82) is 0 Å². The number of pyridine rings is 1. The molecule has 0 unspecified atom stereocenters. The van der Waals surface area contributed by atoms with E-state index in [2.05, 4.69) is 25.5 Å². The summed E-state index contributed by atoms with van der Waals surface area (Å²) in [5.41, 5.74) is 15.1. The third kappa shape index (κ3) is 4.00. The summed E-state index contributed by atoms with van der Waals surface area (Å²) in [4.78, 5) is 25.5. The molecule has 35 heavy (non-hydrogen) atoms. The normalized spacial score (nSPS) is 11.1. The number of nitrogens with one attached hydrogen (secondary N) is 2. The van der Waals surface area contributed by atoms with Gasteiger partial charge < -0.3 is 16.8 Å². The molecule has 5 rings (SSSR count). The van der Waals surface area contributed by atoms with Crippen LogP contribution in [0.15, 0.2) is 54.9 Å². The fraction of sp³-hybridized carbons (Fsp3) is 0.0417. The molecule has 3 heterocycles. The number of nitrogens with zero attached hydrogens (tertiary/aromatic N) is 4. The highest BCUT2D eigenvalue weighted by molar-refractivity contribution is 6.33. The monoisotopic (exact) mass is 488 g/mol. The van der Waals surface area contributed by atoms with E-state index in [1.54, 1.807) is 24.5 Å². The predicted molar refractivity (Wildman–Crippen MR) is 133 cm³/mol. The van der Waals surface area contributed by atoms with Crippen LogP contribution in [0.25, 0.3) is 33.5 Å². The molecule has 0 saturated carbocycles.